The molecule has 3 aromatic rings. The van der Waals surface area contributed by atoms with Gasteiger partial charge in [-0.05, 0) is 96.8 Å². The zero-order valence-electron chi connectivity index (χ0n) is 20.4. The summed E-state index contributed by atoms with van der Waals surface area (Å²) >= 11 is 5.82. The summed E-state index contributed by atoms with van der Waals surface area (Å²) in [5.41, 5.74) is 4.73. The van der Waals surface area contributed by atoms with Crippen molar-refractivity contribution in [2.24, 2.45) is 0 Å². The molecule has 1 fully saturated rings. The van der Waals surface area contributed by atoms with E-state index in [0.717, 1.165) is 35.2 Å². The van der Waals surface area contributed by atoms with Crippen LogP contribution in [0, 0.1) is 6.92 Å². The first-order valence-electron chi connectivity index (χ1n) is 12.2. The third-order valence-corrected chi connectivity index (χ3v) is 7.71. The number of para-hydroxylation sites is 1. The van der Waals surface area contributed by atoms with Gasteiger partial charge in [0.25, 0.3) is 17.7 Å². The molecule has 1 saturated carbocycles. The fourth-order valence-corrected chi connectivity index (χ4v) is 5.24. The summed E-state index contributed by atoms with van der Waals surface area (Å²) in [6, 6.07) is 16.9. The molecule has 2 N–H and O–H groups in total. The molecule has 1 aliphatic carbocycles. The number of amides is 3. The van der Waals surface area contributed by atoms with Crippen LogP contribution in [-0.2, 0) is 4.79 Å². The molecule has 6 nitrogen and oxygen atoms in total. The molecule has 0 unspecified atom stereocenters. The van der Waals surface area contributed by atoms with E-state index in [9.17, 15) is 14.4 Å². The molecule has 0 bridgehead atoms. The van der Waals surface area contributed by atoms with Gasteiger partial charge in [0.1, 0.15) is 0 Å². The van der Waals surface area contributed by atoms with E-state index in [1.807, 2.05) is 48.7 Å². The average molecular weight is 530 g/mol. The third-order valence-electron chi connectivity index (χ3n) is 6.36. The van der Waals surface area contributed by atoms with Gasteiger partial charge in [-0.1, -0.05) is 18.2 Å². The summed E-state index contributed by atoms with van der Waals surface area (Å²) in [4.78, 5) is 41.3. The molecule has 8 heteroatoms. The number of benzene rings is 2. The number of thiol groups is 1. The molecule has 2 aliphatic rings. The summed E-state index contributed by atoms with van der Waals surface area (Å²) in [5, 5.41) is 7.74. The highest BCUT2D eigenvalue weighted by molar-refractivity contribution is 7.85. The Bertz CT molecular complexity index is 1420. The van der Waals surface area contributed by atoms with Gasteiger partial charge in [0.05, 0.1) is 15.5 Å². The maximum Gasteiger partial charge on any atom is 0.265 e. The van der Waals surface area contributed by atoms with Crippen LogP contribution in [0.4, 0.5) is 11.4 Å². The lowest BCUT2D eigenvalue weighted by Crippen LogP contribution is -2.32. The van der Waals surface area contributed by atoms with E-state index in [1.165, 1.54) is 11.3 Å². The maximum absolute atomic E-state index is 13.6. The second-order valence-corrected chi connectivity index (χ2v) is 10.6. The molecule has 1 aliphatic heterocycles. The Kier molecular flexibility index (Phi) is 7.30. The molecule has 1 aromatic heterocycles. The van der Waals surface area contributed by atoms with Crippen LogP contribution in [0.25, 0.3) is 6.08 Å². The lowest BCUT2D eigenvalue weighted by Gasteiger charge is -2.23. The number of rotatable bonds is 6. The van der Waals surface area contributed by atoms with Crippen molar-refractivity contribution in [3.05, 3.63) is 98.1 Å². The van der Waals surface area contributed by atoms with Crippen LogP contribution in [0.1, 0.15) is 50.4 Å². The standard InChI is InChI=1S/C29H27N3O3S2/c1-18-13-15-37-26(18)28(34)31-22-8-6-20(7-9-22)29(35)32-14-12-19(16-21-4-2-3-5-24(21)32)17-25(36)27(33)30-23-10-11-23/h2-9,13,15-17,23,36H,10-12,14H2,1H3,(H,30,33)(H,31,34)/b25-17-. The predicted molar refractivity (Wildman–Crippen MR) is 152 cm³/mol. The van der Waals surface area contributed by atoms with Crippen molar-refractivity contribution in [2.75, 3.05) is 16.8 Å². The van der Waals surface area contributed by atoms with E-state index in [4.69, 9.17) is 0 Å². The number of nitrogens with one attached hydrogen (secondary N) is 2. The topological polar surface area (TPSA) is 78.5 Å². The van der Waals surface area contributed by atoms with Crippen LogP contribution in [0.3, 0.4) is 0 Å². The highest BCUT2D eigenvalue weighted by atomic mass is 32.1. The second-order valence-electron chi connectivity index (χ2n) is 9.23. The van der Waals surface area contributed by atoms with Crippen LogP contribution < -0.4 is 15.5 Å². The van der Waals surface area contributed by atoms with E-state index < -0.39 is 0 Å². The van der Waals surface area contributed by atoms with E-state index >= 15 is 0 Å². The molecule has 188 valence electrons. The monoisotopic (exact) mass is 529 g/mol. The normalized spacial score (nSPS) is 15.4. The summed E-state index contributed by atoms with van der Waals surface area (Å²) in [6.07, 6.45) is 6.41. The molecule has 3 amide bonds. The smallest absolute Gasteiger partial charge is 0.265 e. The minimum atomic E-state index is -0.168. The fourth-order valence-electron chi connectivity index (χ4n) is 4.19. The third kappa shape index (κ3) is 5.87. The number of carbonyl (C=O) groups is 3. The number of carbonyl (C=O) groups excluding carboxylic acids is 3. The number of aryl methyl sites for hydroxylation is 1. The molecule has 0 radical (unpaired) electrons. The van der Waals surface area contributed by atoms with Crippen LogP contribution in [0.15, 0.2) is 76.5 Å². The number of hydrogen-bond acceptors (Lipinski definition) is 5. The van der Waals surface area contributed by atoms with Gasteiger partial charge < -0.3 is 15.5 Å². The first kappa shape index (κ1) is 25.0. The van der Waals surface area contributed by atoms with Crippen LogP contribution in [0.2, 0.25) is 0 Å². The largest absolute Gasteiger partial charge is 0.349 e. The number of allylic oxidation sites excluding steroid dienone is 1. The van der Waals surface area contributed by atoms with E-state index in [0.29, 0.717) is 34.0 Å². The van der Waals surface area contributed by atoms with E-state index in [-0.39, 0.29) is 23.8 Å². The Morgan fingerprint density at radius 1 is 1.05 bits per heavy atom. The fraction of sp³-hybridized carbons (Fsp3) is 0.207. The summed E-state index contributed by atoms with van der Waals surface area (Å²) < 4.78 is 0. The summed E-state index contributed by atoms with van der Waals surface area (Å²) in [5.74, 6) is -0.455. The van der Waals surface area contributed by atoms with Gasteiger partial charge in [0, 0.05) is 23.8 Å². The summed E-state index contributed by atoms with van der Waals surface area (Å²) in [6.45, 7) is 2.36. The van der Waals surface area contributed by atoms with Crippen LogP contribution >= 0.6 is 24.0 Å². The molecule has 2 aromatic carbocycles. The van der Waals surface area contributed by atoms with Gasteiger partial charge in [0.2, 0.25) is 0 Å². The summed E-state index contributed by atoms with van der Waals surface area (Å²) in [7, 11) is 0. The van der Waals surface area contributed by atoms with Crippen molar-refractivity contribution in [2.45, 2.75) is 32.2 Å². The SMILES string of the molecule is Cc1ccsc1C(=O)Nc1ccc(C(=O)N2CCC(/C=C(\S)C(=O)NC3CC3)=Cc3ccccc32)cc1. The number of hydrogen-bond donors (Lipinski definition) is 3. The van der Waals surface area contributed by atoms with Gasteiger partial charge in [-0.15, -0.1) is 24.0 Å². The predicted octanol–water partition coefficient (Wildman–Crippen LogP) is 5.84. The van der Waals surface area contributed by atoms with Gasteiger partial charge >= 0.3 is 0 Å². The van der Waals surface area contributed by atoms with Gasteiger partial charge in [-0.2, -0.15) is 0 Å². The molecule has 37 heavy (non-hydrogen) atoms. The average Bonchev–Trinajstić information content (AvgIpc) is 3.64. The molecule has 0 spiro atoms. The number of nitrogens with zero attached hydrogens (tertiary/aromatic N) is 1. The molecular weight excluding hydrogens is 502 g/mol. The van der Waals surface area contributed by atoms with Gasteiger partial charge in [-0.3, -0.25) is 14.4 Å². The Balaban J connectivity index is 1.32. The van der Waals surface area contributed by atoms with Gasteiger partial charge in [-0.25, -0.2) is 0 Å². The Morgan fingerprint density at radius 3 is 2.51 bits per heavy atom. The van der Waals surface area contributed by atoms with Crippen LogP contribution in [0.5, 0.6) is 0 Å². The van der Waals surface area contributed by atoms with Crippen molar-refractivity contribution in [1.82, 2.24) is 5.32 Å². The second kappa shape index (κ2) is 10.8. The first-order valence-corrected chi connectivity index (χ1v) is 13.5. The molecule has 0 saturated heterocycles. The number of anilines is 2. The molecular formula is C29H27N3O3S2. The number of fused-ring (bicyclic) bond motifs is 1. The Labute approximate surface area is 225 Å². The zero-order valence-corrected chi connectivity index (χ0v) is 22.1. The molecule has 2 heterocycles. The Hall–Kier alpha value is -3.62. The van der Waals surface area contributed by atoms with Crippen LogP contribution in [-0.4, -0.2) is 30.3 Å². The van der Waals surface area contributed by atoms with Crippen molar-refractivity contribution in [1.29, 1.82) is 0 Å². The van der Waals surface area contributed by atoms with Gasteiger partial charge in [0.15, 0.2) is 0 Å². The van der Waals surface area contributed by atoms with Crippen molar-refractivity contribution in [3.63, 3.8) is 0 Å². The van der Waals surface area contributed by atoms with E-state index in [1.54, 1.807) is 35.2 Å². The van der Waals surface area contributed by atoms with Crippen molar-refractivity contribution in [3.8, 4) is 0 Å². The minimum Gasteiger partial charge on any atom is -0.349 e. The maximum atomic E-state index is 13.6. The zero-order chi connectivity index (χ0) is 25.9. The van der Waals surface area contributed by atoms with Crippen molar-refractivity contribution >= 4 is 59.1 Å². The quantitative estimate of drug-likeness (QED) is 0.278. The lowest BCUT2D eigenvalue weighted by atomic mass is 10.1. The first-order chi connectivity index (χ1) is 17.9. The minimum absolute atomic E-state index is 0.129. The lowest BCUT2D eigenvalue weighted by molar-refractivity contribution is -0.116. The Morgan fingerprint density at radius 2 is 1.81 bits per heavy atom. The highest BCUT2D eigenvalue weighted by Crippen LogP contribution is 2.31. The van der Waals surface area contributed by atoms with Crippen molar-refractivity contribution < 1.29 is 14.4 Å². The molecule has 0 atom stereocenters. The van der Waals surface area contributed by atoms with E-state index in [2.05, 4.69) is 23.3 Å². The highest BCUT2D eigenvalue weighted by Gasteiger charge is 2.25. The molecule has 5 rings (SSSR count). The number of thiophene rings is 1.